The van der Waals surface area contributed by atoms with Crippen molar-refractivity contribution in [2.24, 2.45) is 17.8 Å². The van der Waals surface area contributed by atoms with E-state index in [0.717, 1.165) is 23.1 Å². The summed E-state index contributed by atoms with van der Waals surface area (Å²) in [6, 6.07) is 12.6. The molecule has 2 bridgehead atoms. The number of benzene rings is 2. The maximum atomic E-state index is 13.5. The van der Waals surface area contributed by atoms with Gasteiger partial charge in [-0.25, -0.2) is 8.78 Å². The van der Waals surface area contributed by atoms with Crippen LogP contribution < -0.4 is 0 Å². The van der Waals surface area contributed by atoms with Crippen molar-refractivity contribution in [3.8, 4) is 0 Å². The van der Waals surface area contributed by atoms with Crippen LogP contribution in [-0.4, -0.2) is 5.78 Å². The molecule has 0 aliphatic heterocycles. The minimum Gasteiger partial charge on any atom is -0.298 e. The molecule has 1 saturated carbocycles. The van der Waals surface area contributed by atoms with Gasteiger partial charge in [0, 0.05) is 11.8 Å². The summed E-state index contributed by atoms with van der Waals surface area (Å²) in [7, 11) is 0. The van der Waals surface area contributed by atoms with E-state index in [0.29, 0.717) is 0 Å². The third-order valence-corrected chi connectivity index (χ3v) is 6.09. The van der Waals surface area contributed by atoms with E-state index in [9.17, 15) is 13.6 Å². The zero-order valence-electron chi connectivity index (χ0n) is 13.5. The molecule has 5 rings (SSSR count). The van der Waals surface area contributed by atoms with E-state index in [1.807, 2.05) is 0 Å². The van der Waals surface area contributed by atoms with Crippen LogP contribution in [0.25, 0.3) is 5.57 Å². The maximum Gasteiger partial charge on any atom is 0.155 e. The van der Waals surface area contributed by atoms with Gasteiger partial charge in [0.1, 0.15) is 11.6 Å². The molecule has 3 heteroatoms. The summed E-state index contributed by atoms with van der Waals surface area (Å²) < 4.78 is 26.9. The van der Waals surface area contributed by atoms with E-state index in [-0.39, 0.29) is 35.2 Å². The zero-order chi connectivity index (χ0) is 17.2. The molecule has 0 radical (unpaired) electrons. The molecule has 2 aromatic carbocycles. The first kappa shape index (κ1) is 14.8. The standard InChI is InChI=1S/C22H16F2O/c23-15-8-4-13(5-9-15)20-12-18-17-2-1-3-19(17)22(20,21(18)25)14-6-10-16(24)11-7-14/h1,3-12,17-19H,2H2. The summed E-state index contributed by atoms with van der Waals surface area (Å²) >= 11 is 0. The van der Waals surface area contributed by atoms with Crippen molar-refractivity contribution >= 4 is 11.4 Å². The topological polar surface area (TPSA) is 17.1 Å². The quantitative estimate of drug-likeness (QED) is 0.728. The lowest BCUT2D eigenvalue weighted by molar-refractivity contribution is -0.122. The molecular formula is C22H16F2O. The molecule has 1 fully saturated rings. The van der Waals surface area contributed by atoms with Gasteiger partial charge in [-0.15, -0.1) is 0 Å². The minimum atomic E-state index is -0.784. The van der Waals surface area contributed by atoms with Crippen LogP contribution in [0.2, 0.25) is 0 Å². The third kappa shape index (κ3) is 1.78. The number of carbonyl (C=O) groups is 1. The summed E-state index contributed by atoms with van der Waals surface area (Å²) in [6.45, 7) is 0. The predicted molar refractivity (Wildman–Crippen MR) is 91.7 cm³/mol. The molecule has 4 unspecified atom stereocenters. The first-order chi connectivity index (χ1) is 12.1. The molecule has 3 aliphatic carbocycles. The van der Waals surface area contributed by atoms with Crippen LogP contribution in [0.4, 0.5) is 8.78 Å². The zero-order valence-corrected chi connectivity index (χ0v) is 13.5. The van der Waals surface area contributed by atoms with Crippen molar-refractivity contribution in [1.82, 2.24) is 0 Å². The van der Waals surface area contributed by atoms with Gasteiger partial charge in [0.2, 0.25) is 0 Å². The Labute approximate surface area is 144 Å². The molecular weight excluding hydrogens is 318 g/mol. The number of hydrogen-bond donors (Lipinski definition) is 0. The molecule has 0 aromatic heterocycles. The average Bonchev–Trinajstić information content (AvgIpc) is 3.26. The Hall–Kier alpha value is -2.55. The molecule has 124 valence electrons. The molecule has 25 heavy (non-hydrogen) atoms. The second-order valence-corrected chi connectivity index (χ2v) is 7.15. The predicted octanol–water partition coefficient (Wildman–Crippen LogP) is 4.69. The Morgan fingerprint density at radius 1 is 0.920 bits per heavy atom. The highest BCUT2D eigenvalue weighted by Gasteiger charge is 2.65. The average molecular weight is 334 g/mol. The lowest BCUT2D eigenvalue weighted by Gasteiger charge is -2.36. The number of rotatable bonds is 2. The molecule has 0 spiro atoms. The van der Waals surface area contributed by atoms with Gasteiger partial charge in [-0.2, -0.15) is 0 Å². The van der Waals surface area contributed by atoms with Gasteiger partial charge in [0.05, 0.1) is 5.41 Å². The van der Waals surface area contributed by atoms with E-state index < -0.39 is 5.41 Å². The van der Waals surface area contributed by atoms with Crippen molar-refractivity contribution in [2.45, 2.75) is 11.8 Å². The van der Waals surface area contributed by atoms with Gasteiger partial charge >= 0.3 is 0 Å². The highest BCUT2D eigenvalue weighted by atomic mass is 19.1. The van der Waals surface area contributed by atoms with Crippen LogP contribution in [-0.2, 0) is 10.2 Å². The molecule has 3 aliphatic rings. The molecule has 0 N–H and O–H groups in total. The number of allylic oxidation sites excluding steroid dienone is 4. The van der Waals surface area contributed by atoms with Crippen molar-refractivity contribution < 1.29 is 13.6 Å². The Balaban J connectivity index is 1.76. The molecule has 2 aromatic rings. The van der Waals surface area contributed by atoms with Crippen molar-refractivity contribution in [2.75, 3.05) is 0 Å². The van der Waals surface area contributed by atoms with Crippen molar-refractivity contribution in [1.29, 1.82) is 0 Å². The molecule has 0 amide bonds. The molecule has 0 heterocycles. The van der Waals surface area contributed by atoms with Gasteiger partial charge in [-0.05, 0) is 53.3 Å². The number of halogens is 2. The molecule has 4 atom stereocenters. The number of hydrogen-bond acceptors (Lipinski definition) is 1. The molecule has 1 nitrogen and oxygen atoms in total. The van der Waals surface area contributed by atoms with E-state index in [1.165, 1.54) is 24.3 Å². The van der Waals surface area contributed by atoms with Crippen LogP contribution in [0.15, 0.2) is 66.8 Å². The second kappa shape index (κ2) is 4.98. The number of carbonyl (C=O) groups excluding carboxylic acids is 1. The van der Waals surface area contributed by atoms with Gasteiger partial charge in [0.15, 0.2) is 5.78 Å². The summed E-state index contributed by atoms with van der Waals surface area (Å²) in [5, 5.41) is 0. The number of Topliss-reactive ketones (excluding diaryl/α,β-unsaturated/α-hetero) is 1. The molecule has 0 saturated heterocycles. The maximum absolute atomic E-state index is 13.5. The SMILES string of the molecule is O=C1C2C=C(c3ccc(F)cc3)C1(c1ccc(F)cc1)C1C=CCC21. The largest absolute Gasteiger partial charge is 0.298 e. The smallest absolute Gasteiger partial charge is 0.155 e. The van der Waals surface area contributed by atoms with Gasteiger partial charge in [0.25, 0.3) is 0 Å². The van der Waals surface area contributed by atoms with Gasteiger partial charge < -0.3 is 0 Å². The van der Waals surface area contributed by atoms with Gasteiger partial charge in [-0.3, -0.25) is 4.79 Å². The van der Waals surface area contributed by atoms with E-state index in [1.54, 1.807) is 24.3 Å². The normalized spacial score (nSPS) is 32.2. The highest BCUT2D eigenvalue weighted by Crippen LogP contribution is 2.64. The fraction of sp³-hybridized carbons (Fsp3) is 0.227. The Kier molecular flexibility index (Phi) is 2.94. The summed E-state index contributed by atoms with van der Waals surface area (Å²) in [5.41, 5.74) is 1.84. The van der Waals surface area contributed by atoms with Gasteiger partial charge in [-0.1, -0.05) is 42.5 Å². The highest BCUT2D eigenvalue weighted by molar-refractivity contribution is 6.13. The Morgan fingerprint density at radius 3 is 2.24 bits per heavy atom. The van der Waals surface area contributed by atoms with Crippen LogP contribution in [0, 0.1) is 29.4 Å². The fourth-order valence-corrected chi connectivity index (χ4v) is 5.11. The van der Waals surface area contributed by atoms with Crippen molar-refractivity contribution in [3.63, 3.8) is 0 Å². The lowest BCUT2D eigenvalue weighted by Crippen LogP contribution is -2.37. The van der Waals surface area contributed by atoms with E-state index in [2.05, 4.69) is 18.2 Å². The Morgan fingerprint density at radius 2 is 1.56 bits per heavy atom. The summed E-state index contributed by atoms with van der Waals surface area (Å²) in [5.74, 6) is -0.176. The monoisotopic (exact) mass is 334 g/mol. The Bertz CT molecular complexity index is 924. The van der Waals surface area contributed by atoms with Crippen LogP contribution in [0.3, 0.4) is 0 Å². The van der Waals surface area contributed by atoms with Crippen LogP contribution in [0.5, 0.6) is 0 Å². The van der Waals surface area contributed by atoms with Crippen molar-refractivity contribution in [3.05, 3.63) is 89.5 Å². The van der Waals surface area contributed by atoms with E-state index >= 15 is 0 Å². The number of ketones is 1. The summed E-state index contributed by atoms with van der Waals surface area (Å²) in [4.78, 5) is 13.4. The first-order valence-corrected chi connectivity index (χ1v) is 8.57. The summed E-state index contributed by atoms with van der Waals surface area (Å²) in [6.07, 6.45) is 7.25. The lowest BCUT2D eigenvalue weighted by atomic mass is 9.64. The third-order valence-electron chi connectivity index (χ3n) is 6.09. The fourth-order valence-electron chi connectivity index (χ4n) is 5.11. The minimum absolute atomic E-state index is 0.0838. The first-order valence-electron chi connectivity index (χ1n) is 8.57. The van der Waals surface area contributed by atoms with Crippen LogP contribution in [0.1, 0.15) is 17.5 Å². The second-order valence-electron chi connectivity index (χ2n) is 7.15. The number of fused-ring (bicyclic) bond motifs is 5. The van der Waals surface area contributed by atoms with Crippen LogP contribution >= 0.6 is 0 Å². The van der Waals surface area contributed by atoms with E-state index in [4.69, 9.17) is 0 Å².